The van der Waals surface area contributed by atoms with Crippen LogP contribution >= 0.6 is 0 Å². The quantitative estimate of drug-likeness (QED) is 0.489. The van der Waals surface area contributed by atoms with Gasteiger partial charge in [0.05, 0.1) is 15.9 Å². The minimum atomic E-state index is -1.30. The van der Waals surface area contributed by atoms with E-state index < -0.39 is 39.8 Å². The smallest absolute Gasteiger partial charge is 0.326 e. The average Bonchev–Trinajstić information content (AvgIpc) is 2.37. The summed E-state index contributed by atoms with van der Waals surface area (Å²) in [6.45, 7) is -0.426. The van der Waals surface area contributed by atoms with Crippen LogP contribution in [0, 0.1) is 20.2 Å². The molecule has 108 valence electrons. The van der Waals surface area contributed by atoms with Crippen LogP contribution in [-0.2, 0) is 4.79 Å². The number of carbonyl (C=O) groups is 1. The van der Waals surface area contributed by atoms with Gasteiger partial charge in [0, 0.05) is 19.1 Å². The van der Waals surface area contributed by atoms with E-state index in [2.05, 4.69) is 5.32 Å². The van der Waals surface area contributed by atoms with E-state index in [0.717, 1.165) is 18.2 Å². The van der Waals surface area contributed by atoms with Crippen LogP contribution in [0.2, 0.25) is 0 Å². The molecule has 3 N–H and O–H groups in total. The summed E-state index contributed by atoms with van der Waals surface area (Å²) in [5.74, 6) is -1.30. The van der Waals surface area contributed by atoms with Gasteiger partial charge in [-0.15, -0.1) is 0 Å². The minimum Gasteiger partial charge on any atom is -0.480 e. The van der Waals surface area contributed by atoms with Gasteiger partial charge in [-0.1, -0.05) is 0 Å². The summed E-state index contributed by atoms with van der Waals surface area (Å²) < 4.78 is 0. The molecule has 0 fully saturated rings. The summed E-state index contributed by atoms with van der Waals surface area (Å²) >= 11 is 0. The third-order valence-electron chi connectivity index (χ3n) is 2.43. The molecular weight excluding hydrogens is 274 g/mol. The number of hydrogen-bond donors (Lipinski definition) is 3. The van der Waals surface area contributed by atoms with Crippen molar-refractivity contribution in [3.05, 3.63) is 38.4 Å². The molecule has 0 bridgehead atoms. The Morgan fingerprint density at radius 2 is 1.95 bits per heavy atom. The Morgan fingerprint density at radius 3 is 2.40 bits per heavy atom. The Hall–Kier alpha value is -2.75. The first kappa shape index (κ1) is 15.3. The van der Waals surface area contributed by atoms with Crippen molar-refractivity contribution in [3.63, 3.8) is 0 Å². The highest BCUT2D eigenvalue weighted by atomic mass is 16.6. The van der Waals surface area contributed by atoms with E-state index in [0.29, 0.717) is 0 Å². The molecule has 1 aromatic carbocycles. The van der Waals surface area contributed by atoms with Crippen molar-refractivity contribution >= 4 is 23.0 Å². The van der Waals surface area contributed by atoms with Gasteiger partial charge in [0.15, 0.2) is 0 Å². The predicted molar refractivity (Wildman–Crippen MR) is 66.5 cm³/mol. The first-order valence-electron chi connectivity index (χ1n) is 5.40. The summed E-state index contributed by atoms with van der Waals surface area (Å²) in [5.41, 5.74) is -1.25. The number of aliphatic hydroxyl groups is 1. The lowest BCUT2D eigenvalue weighted by Gasteiger charge is -2.14. The SMILES string of the molecule is O=C(O)C(CCO)Nc1ccc([N+](=O)[O-])cc1[N+](=O)[O-]. The van der Waals surface area contributed by atoms with Crippen LogP contribution in [0.15, 0.2) is 18.2 Å². The van der Waals surface area contributed by atoms with Gasteiger partial charge in [0.2, 0.25) is 0 Å². The number of aliphatic hydroxyl groups excluding tert-OH is 1. The Balaban J connectivity index is 3.13. The molecule has 0 saturated heterocycles. The van der Waals surface area contributed by atoms with Crippen molar-refractivity contribution in [1.29, 1.82) is 0 Å². The standard InChI is InChI=1S/C10H11N3O7/c14-4-3-8(10(15)16)11-7-2-1-6(12(17)18)5-9(7)13(19)20/h1-2,5,8,11,14H,3-4H2,(H,15,16). The molecule has 0 aliphatic heterocycles. The lowest BCUT2D eigenvalue weighted by Crippen LogP contribution is -2.30. The van der Waals surface area contributed by atoms with Gasteiger partial charge in [-0.25, -0.2) is 4.79 Å². The lowest BCUT2D eigenvalue weighted by molar-refractivity contribution is -0.393. The molecule has 0 radical (unpaired) electrons. The van der Waals surface area contributed by atoms with Crippen molar-refractivity contribution in [3.8, 4) is 0 Å². The number of nitrogens with one attached hydrogen (secondary N) is 1. The second-order valence-corrected chi connectivity index (χ2v) is 3.76. The highest BCUT2D eigenvalue weighted by Gasteiger charge is 2.24. The highest BCUT2D eigenvalue weighted by Crippen LogP contribution is 2.29. The third kappa shape index (κ3) is 3.62. The zero-order chi connectivity index (χ0) is 15.3. The number of carboxylic acid groups (broad SMARTS) is 1. The molecule has 20 heavy (non-hydrogen) atoms. The number of non-ortho nitro benzene ring substituents is 1. The molecular formula is C10H11N3O7. The molecule has 0 aliphatic carbocycles. The lowest BCUT2D eigenvalue weighted by atomic mass is 10.1. The van der Waals surface area contributed by atoms with Gasteiger partial charge in [-0.2, -0.15) is 0 Å². The zero-order valence-electron chi connectivity index (χ0n) is 10.1. The van der Waals surface area contributed by atoms with Crippen LogP contribution in [0.1, 0.15) is 6.42 Å². The van der Waals surface area contributed by atoms with Crippen LogP contribution in [0.25, 0.3) is 0 Å². The molecule has 0 aromatic heterocycles. The van der Waals surface area contributed by atoms with Crippen molar-refractivity contribution in [2.75, 3.05) is 11.9 Å². The number of hydrogen-bond acceptors (Lipinski definition) is 7. The number of nitrogens with zero attached hydrogens (tertiary/aromatic N) is 2. The maximum Gasteiger partial charge on any atom is 0.326 e. The summed E-state index contributed by atoms with van der Waals surface area (Å²) in [4.78, 5) is 30.7. The molecule has 1 aromatic rings. The van der Waals surface area contributed by atoms with Gasteiger partial charge in [0.1, 0.15) is 11.7 Å². The van der Waals surface area contributed by atoms with Crippen LogP contribution < -0.4 is 5.32 Å². The predicted octanol–water partition coefficient (Wildman–Crippen LogP) is 0.750. The van der Waals surface area contributed by atoms with E-state index >= 15 is 0 Å². The number of rotatable bonds is 7. The number of carboxylic acids is 1. The normalized spacial score (nSPS) is 11.7. The first-order chi connectivity index (χ1) is 9.36. The summed E-state index contributed by atoms with van der Waals surface area (Å²) in [6, 6.07) is 1.58. The molecule has 0 spiro atoms. The fraction of sp³-hybridized carbons (Fsp3) is 0.300. The van der Waals surface area contributed by atoms with Gasteiger partial charge in [-0.05, 0) is 6.07 Å². The molecule has 10 nitrogen and oxygen atoms in total. The van der Waals surface area contributed by atoms with E-state index in [1.54, 1.807) is 0 Å². The zero-order valence-corrected chi connectivity index (χ0v) is 10.1. The average molecular weight is 285 g/mol. The van der Waals surface area contributed by atoms with E-state index in [1.165, 1.54) is 0 Å². The van der Waals surface area contributed by atoms with Crippen LogP contribution in [0.3, 0.4) is 0 Å². The second kappa shape index (κ2) is 6.43. The van der Waals surface area contributed by atoms with Crippen molar-refractivity contribution < 1.29 is 24.9 Å². The largest absolute Gasteiger partial charge is 0.480 e. The van der Waals surface area contributed by atoms with Gasteiger partial charge < -0.3 is 15.5 Å². The summed E-state index contributed by atoms with van der Waals surface area (Å²) in [6.07, 6.45) is -0.163. The number of anilines is 1. The van der Waals surface area contributed by atoms with Crippen LogP contribution in [0.4, 0.5) is 17.1 Å². The second-order valence-electron chi connectivity index (χ2n) is 3.76. The molecule has 1 rings (SSSR count). The Labute approximate surface area is 111 Å². The third-order valence-corrected chi connectivity index (χ3v) is 2.43. The Bertz CT molecular complexity index is 546. The van der Waals surface area contributed by atoms with E-state index in [4.69, 9.17) is 10.2 Å². The molecule has 0 saturated carbocycles. The maximum absolute atomic E-state index is 10.9. The van der Waals surface area contributed by atoms with Crippen LogP contribution in [-0.4, -0.2) is 38.7 Å². The summed E-state index contributed by atoms with van der Waals surface area (Å²) in [5, 5.41) is 41.4. The molecule has 0 amide bonds. The Morgan fingerprint density at radius 1 is 1.30 bits per heavy atom. The summed E-state index contributed by atoms with van der Waals surface area (Å²) in [7, 11) is 0. The number of benzene rings is 1. The number of nitro groups is 2. The van der Waals surface area contributed by atoms with Gasteiger partial charge >= 0.3 is 5.97 Å². The van der Waals surface area contributed by atoms with Crippen molar-refractivity contribution in [1.82, 2.24) is 0 Å². The Kier molecular flexibility index (Phi) is 4.92. The molecule has 1 unspecified atom stereocenters. The van der Waals surface area contributed by atoms with Gasteiger partial charge in [-0.3, -0.25) is 20.2 Å². The van der Waals surface area contributed by atoms with E-state index in [1.807, 2.05) is 0 Å². The van der Waals surface area contributed by atoms with Crippen molar-refractivity contribution in [2.45, 2.75) is 12.5 Å². The molecule has 1 atom stereocenters. The van der Waals surface area contributed by atoms with Crippen LogP contribution in [0.5, 0.6) is 0 Å². The van der Waals surface area contributed by atoms with Crippen molar-refractivity contribution in [2.24, 2.45) is 0 Å². The number of nitro benzene ring substituents is 2. The molecule has 0 heterocycles. The van der Waals surface area contributed by atoms with Gasteiger partial charge in [0.25, 0.3) is 11.4 Å². The molecule has 0 aliphatic rings. The molecule has 10 heteroatoms. The fourth-order valence-electron chi connectivity index (χ4n) is 1.48. The van der Waals surface area contributed by atoms with E-state index in [9.17, 15) is 25.0 Å². The van der Waals surface area contributed by atoms with E-state index in [-0.39, 0.29) is 12.1 Å². The highest BCUT2D eigenvalue weighted by molar-refractivity contribution is 5.79. The first-order valence-corrected chi connectivity index (χ1v) is 5.40. The minimum absolute atomic E-state index is 0.163. The monoisotopic (exact) mass is 285 g/mol. The number of aliphatic carboxylic acids is 1. The topological polar surface area (TPSA) is 156 Å². The fourth-order valence-corrected chi connectivity index (χ4v) is 1.48. The maximum atomic E-state index is 10.9.